The number of ether oxygens (including phenoxy) is 3. The van der Waals surface area contributed by atoms with Gasteiger partial charge in [0, 0.05) is 43.4 Å². The first kappa shape index (κ1) is 38.0. The monoisotopic (exact) mass is 750 g/mol. The SMILES string of the molecule is CCCCOCCOc1ccc(-c2ccc3c(c2)/C=C(/c2nc4ccc([S@](=O)Cc5c(C)ncn5CCC)cc4[nH]2)CCCN3CN2CCOCC2)cc1. The fraction of sp³-hybridized carbons (Fsp3) is 0.442. The number of benzene rings is 3. The molecule has 1 saturated heterocycles. The summed E-state index contributed by atoms with van der Waals surface area (Å²) in [7, 11) is -1.21. The summed E-state index contributed by atoms with van der Waals surface area (Å²) in [5.74, 6) is 2.15. The standard InChI is InChI=1S/C43H54N6O4S/c1-4-6-21-51-24-25-53-37-12-9-33(10-13-37)34-11-16-41-36(26-34)27-35(8-7-18-49(41)31-47-19-22-52-23-20-47)43-45-39-15-14-38(28-40(39)46-43)54(50)29-42-32(3)44-30-48(42)17-5-2/h9-16,26-28,30H,4-8,17-25,29,31H2,1-3H3,(H,45,46)/b35-27+/t54-/m1/s1. The number of nitrogens with one attached hydrogen (secondary N) is 1. The van der Waals surface area contributed by atoms with E-state index >= 15 is 0 Å². The van der Waals surface area contributed by atoms with Crippen LogP contribution in [0.4, 0.5) is 5.69 Å². The van der Waals surface area contributed by atoms with Crippen molar-refractivity contribution in [2.45, 2.75) is 70.1 Å². The highest BCUT2D eigenvalue weighted by molar-refractivity contribution is 7.84. The Hall–Kier alpha value is -4.29. The van der Waals surface area contributed by atoms with Gasteiger partial charge in [-0.05, 0) is 103 Å². The molecule has 4 heterocycles. The molecule has 286 valence electrons. The normalized spacial score (nSPS) is 16.8. The summed E-state index contributed by atoms with van der Waals surface area (Å²) >= 11 is 0. The van der Waals surface area contributed by atoms with Crippen LogP contribution in [0.2, 0.25) is 0 Å². The van der Waals surface area contributed by atoms with Crippen molar-refractivity contribution >= 4 is 39.2 Å². The molecule has 0 unspecified atom stereocenters. The molecule has 2 aromatic heterocycles. The highest BCUT2D eigenvalue weighted by Crippen LogP contribution is 2.35. The topological polar surface area (TPSA) is 97.7 Å². The van der Waals surface area contributed by atoms with Crippen molar-refractivity contribution in [2.75, 3.05) is 64.2 Å². The number of allylic oxidation sites excluding steroid dienone is 1. The minimum atomic E-state index is -1.21. The van der Waals surface area contributed by atoms with E-state index in [0.717, 1.165) is 135 Å². The molecular weight excluding hydrogens is 697 g/mol. The van der Waals surface area contributed by atoms with Gasteiger partial charge >= 0.3 is 0 Å². The van der Waals surface area contributed by atoms with Gasteiger partial charge < -0.3 is 28.7 Å². The predicted molar refractivity (Wildman–Crippen MR) is 218 cm³/mol. The van der Waals surface area contributed by atoms with Crippen LogP contribution < -0.4 is 9.64 Å². The summed E-state index contributed by atoms with van der Waals surface area (Å²) in [5, 5.41) is 0. The number of anilines is 1. The third kappa shape index (κ3) is 9.32. The van der Waals surface area contributed by atoms with Gasteiger partial charge in [0.05, 0.1) is 71.8 Å². The number of morpholine rings is 1. The summed E-state index contributed by atoms with van der Waals surface area (Å²) < 4.78 is 33.0. The number of nitrogens with zero attached hydrogens (tertiary/aromatic N) is 5. The number of aryl methyl sites for hydroxylation is 2. The Kier molecular flexibility index (Phi) is 12.9. The molecule has 3 aromatic carbocycles. The van der Waals surface area contributed by atoms with Crippen LogP contribution in [0.5, 0.6) is 5.75 Å². The molecule has 0 spiro atoms. The van der Waals surface area contributed by atoms with Crippen LogP contribution in [0.25, 0.3) is 33.8 Å². The number of H-pyrrole nitrogens is 1. The lowest BCUT2D eigenvalue weighted by Crippen LogP contribution is -2.44. The second-order valence-electron chi connectivity index (χ2n) is 14.2. The first-order chi connectivity index (χ1) is 26.5. The quantitative estimate of drug-likeness (QED) is 0.101. The third-order valence-corrected chi connectivity index (χ3v) is 11.6. The second kappa shape index (κ2) is 18.4. The van der Waals surface area contributed by atoms with Crippen LogP contribution in [-0.4, -0.2) is 88.0 Å². The Bertz CT molecular complexity index is 2050. The van der Waals surface area contributed by atoms with E-state index in [4.69, 9.17) is 19.2 Å². The lowest BCUT2D eigenvalue weighted by Gasteiger charge is -2.36. The zero-order valence-electron chi connectivity index (χ0n) is 32.0. The summed E-state index contributed by atoms with van der Waals surface area (Å²) in [6.45, 7) is 14.3. The van der Waals surface area contributed by atoms with Gasteiger partial charge in [-0.15, -0.1) is 0 Å². The van der Waals surface area contributed by atoms with Crippen LogP contribution in [0.15, 0.2) is 71.9 Å². The zero-order chi connectivity index (χ0) is 37.3. The van der Waals surface area contributed by atoms with E-state index in [2.05, 4.69) is 74.6 Å². The molecule has 1 atom stereocenters. The summed E-state index contributed by atoms with van der Waals surface area (Å²) in [5.41, 5.74) is 9.59. The van der Waals surface area contributed by atoms with Gasteiger partial charge in [-0.2, -0.15) is 0 Å². The number of unbranched alkanes of at least 4 members (excludes halogenated alkanes) is 1. The number of aromatic amines is 1. The fourth-order valence-electron chi connectivity index (χ4n) is 7.23. The van der Waals surface area contributed by atoms with E-state index in [-0.39, 0.29) is 0 Å². The van der Waals surface area contributed by atoms with Crippen molar-refractivity contribution in [1.82, 2.24) is 24.4 Å². The molecule has 2 aliphatic heterocycles. The molecule has 0 saturated carbocycles. The maximum Gasteiger partial charge on any atom is 0.134 e. The molecule has 5 aromatic rings. The van der Waals surface area contributed by atoms with Crippen molar-refractivity contribution in [1.29, 1.82) is 0 Å². The number of imidazole rings is 2. The van der Waals surface area contributed by atoms with Gasteiger partial charge in [-0.1, -0.05) is 38.5 Å². The highest BCUT2D eigenvalue weighted by atomic mass is 32.2. The largest absolute Gasteiger partial charge is 0.491 e. The Balaban J connectivity index is 1.15. The molecule has 2 aliphatic rings. The number of hydrogen-bond acceptors (Lipinski definition) is 8. The summed E-state index contributed by atoms with van der Waals surface area (Å²) in [6, 6.07) is 21.1. The van der Waals surface area contributed by atoms with Gasteiger partial charge in [-0.25, -0.2) is 9.97 Å². The average Bonchev–Trinajstić information content (AvgIpc) is 3.77. The van der Waals surface area contributed by atoms with Crippen molar-refractivity contribution in [2.24, 2.45) is 0 Å². The van der Waals surface area contributed by atoms with Crippen molar-refractivity contribution in [3.05, 3.63) is 89.8 Å². The molecule has 7 rings (SSSR count). The van der Waals surface area contributed by atoms with E-state index < -0.39 is 10.8 Å². The van der Waals surface area contributed by atoms with Gasteiger partial charge in [0.15, 0.2) is 0 Å². The number of fused-ring (bicyclic) bond motifs is 2. The van der Waals surface area contributed by atoms with Crippen molar-refractivity contribution in [3.8, 4) is 16.9 Å². The minimum absolute atomic E-state index is 0.438. The van der Waals surface area contributed by atoms with Crippen LogP contribution in [0, 0.1) is 6.92 Å². The lowest BCUT2D eigenvalue weighted by molar-refractivity contribution is 0.0379. The predicted octanol–water partition coefficient (Wildman–Crippen LogP) is 8.08. The van der Waals surface area contributed by atoms with Gasteiger partial charge in [-0.3, -0.25) is 9.11 Å². The van der Waals surface area contributed by atoms with Crippen LogP contribution >= 0.6 is 0 Å². The molecule has 0 amide bonds. The molecule has 0 bridgehead atoms. The van der Waals surface area contributed by atoms with Gasteiger partial charge in [0.2, 0.25) is 0 Å². The second-order valence-corrected chi connectivity index (χ2v) is 15.7. The Morgan fingerprint density at radius 3 is 2.57 bits per heavy atom. The molecule has 1 N–H and O–H groups in total. The van der Waals surface area contributed by atoms with Gasteiger partial charge in [0.1, 0.15) is 18.2 Å². The maximum absolute atomic E-state index is 13.6. The number of hydrogen-bond donors (Lipinski definition) is 1. The number of aromatic nitrogens is 4. The molecule has 54 heavy (non-hydrogen) atoms. The van der Waals surface area contributed by atoms with Gasteiger partial charge in [0.25, 0.3) is 0 Å². The zero-order valence-corrected chi connectivity index (χ0v) is 32.8. The molecule has 0 radical (unpaired) electrons. The Morgan fingerprint density at radius 1 is 0.926 bits per heavy atom. The van der Waals surface area contributed by atoms with Crippen LogP contribution in [0.3, 0.4) is 0 Å². The molecule has 11 heteroatoms. The Morgan fingerprint density at radius 2 is 1.76 bits per heavy atom. The maximum atomic E-state index is 13.6. The molecular formula is C43H54N6O4S. The van der Waals surface area contributed by atoms with E-state index in [1.807, 2.05) is 43.6 Å². The molecule has 10 nitrogen and oxygen atoms in total. The molecule has 1 fully saturated rings. The first-order valence-electron chi connectivity index (χ1n) is 19.6. The van der Waals surface area contributed by atoms with E-state index in [9.17, 15) is 4.21 Å². The first-order valence-corrected chi connectivity index (χ1v) is 20.9. The summed E-state index contributed by atoms with van der Waals surface area (Å²) in [6.07, 6.45) is 9.27. The molecule has 0 aliphatic carbocycles. The third-order valence-electron chi connectivity index (χ3n) is 10.3. The van der Waals surface area contributed by atoms with E-state index in [1.54, 1.807) is 0 Å². The summed E-state index contributed by atoms with van der Waals surface area (Å²) in [4.78, 5) is 19.0. The van der Waals surface area contributed by atoms with Crippen LogP contribution in [-0.2, 0) is 32.6 Å². The number of rotatable bonds is 16. The van der Waals surface area contributed by atoms with E-state index in [0.29, 0.717) is 19.0 Å². The lowest BCUT2D eigenvalue weighted by atomic mass is 9.96. The van der Waals surface area contributed by atoms with Crippen molar-refractivity contribution in [3.63, 3.8) is 0 Å². The van der Waals surface area contributed by atoms with Crippen LogP contribution in [0.1, 0.15) is 68.7 Å². The smallest absolute Gasteiger partial charge is 0.134 e. The fourth-order valence-corrected chi connectivity index (χ4v) is 8.48. The van der Waals surface area contributed by atoms with E-state index in [1.165, 1.54) is 16.8 Å². The van der Waals surface area contributed by atoms with Crippen molar-refractivity contribution < 1.29 is 18.4 Å². The minimum Gasteiger partial charge on any atom is -0.491 e. The Labute approximate surface area is 322 Å². The highest BCUT2D eigenvalue weighted by Gasteiger charge is 2.21. The average molecular weight is 751 g/mol.